The monoisotopic (exact) mass is 493 g/mol. The van der Waals surface area contributed by atoms with E-state index in [9.17, 15) is 14.4 Å². The molecule has 7 nitrogen and oxygen atoms in total. The molecule has 0 heterocycles. The van der Waals surface area contributed by atoms with Crippen LogP contribution in [0.4, 0.5) is 10.5 Å². The summed E-state index contributed by atoms with van der Waals surface area (Å²) in [5.41, 5.74) is 3.75. The number of para-hydroxylation sites is 1. The van der Waals surface area contributed by atoms with Gasteiger partial charge in [-0.1, -0.05) is 42.0 Å². The molecule has 1 fully saturated rings. The van der Waals surface area contributed by atoms with Crippen molar-refractivity contribution in [3.05, 3.63) is 64.7 Å². The second-order valence-electron chi connectivity index (χ2n) is 10.8. The summed E-state index contributed by atoms with van der Waals surface area (Å²) in [6.45, 7) is 12.8. The van der Waals surface area contributed by atoms with Gasteiger partial charge in [0.05, 0.1) is 0 Å². The van der Waals surface area contributed by atoms with E-state index in [1.807, 2.05) is 63.2 Å². The third-order valence-corrected chi connectivity index (χ3v) is 6.48. The van der Waals surface area contributed by atoms with Gasteiger partial charge in [-0.15, -0.1) is 0 Å². The molecule has 194 valence electrons. The molecule has 2 aromatic carbocycles. The number of ether oxygens (including phenoxy) is 1. The van der Waals surface area contributed by atoms with Gasteiger partial charge in [0.25, 0.3) is 5.91 Å². The molecule has 3 rings (SSSR count). The van der Waals surface area contributed by atoms with Gasteiger partial charge in [-0.2, -0.15) is 0 Å². The first-order valence-corrected chi connectivity index (χ1v) is 12.6. The summed E-state index contributed by atoms with van der Waals surface area (Å²) in [5, 5.41) is 5.72. The zero-order valence-corrected chi connectivity index (χ0v) is 22.5. The molecule has 0 aromatic heterocycles. The van der Waals surface area contributed by atoms with Gasteiger partial charge in [-0.3, -0.25) is 9.59 Å². The van der Waals surface area contributed by atoms with Crippen LogP contribution in [-0.4, -0.2) is 40.5 Å². The van der Waals surface area contributed by atoms with Crippen LogP contribution in [0.2, 0.25) is 0 Å². The second-order valence-corrected chi connectivity index (χ2v) is 10.8. The molecule has 36 heavy (non-hydrogen) atoms. The van der Waals surface area contributed by atoms with Crippen LogP contribution in [0.1, 0.15) is 75.3 Å². The number of alkyl carbamates (subject to hydrolysis) is 1. The van der Waals surface area contributed by atoms with Gasteiger partial charge in [-0.25, -0.2) is 4.79 Å². The van der Waals surface area contributed by atoms with Crippen molar-refractivity contribution in [1.82, 2.24) is 10.2 Å². The number of rotatable bonds is 7. The van der Waals surface area contributed by atoms with Gasteiger partial charge < -0.3 is 20.3 Å². The Balaban J connectivity index is 1.99. The number of carbonyl (C=O) groups excluding carboxylic acids is 3. The van der Waals surface area contributed by atoms with Crippen molar-refractivity contribution in [1.29, 1.82) is 0 Å². The highest BCUT2D eigenvalue weighted by molar-refractivity contribution is 5.99. The van der Waals surface area contributed by atoms with Gasteiger partial charge in [0.1, 0.15) is 17.7 Å². The fourth-order valence-electron chi connectivity index (χ4n) is 4.42. The quantitative estimate of drug-likeness (QED) is 0.527. The molecule has 7 heteroatoms. The van der Waals surface area contributed by atoms with Crippen LogP contribution < -0.4 is 10.6 Å². The van der Waals surface area contributed by atoms with Crippen LogP contribution in [0.15, 0.2) is 42.5 Å². The Hall–Kier alpha value is -3.35. The molecule has 2 N–H and O–H groups in total. The Labute approximate surface area is 214 Å². The third kappa shape index (κ3) is 6.65. The molecule has 1 saturated carbocycles. The highest BCUT2D eigenvalue weighted by atomic mass is 16.6. The molecule has 2 aromatic rings. The molecule has 1 aliphatic carbocycles. The predicted octanol–water partition coefficient (Wildman–Crippen LogP) is 5.59. The molecule has 0 spiro atoms. The van der Waals surface area contributed by atoms with Gasteiger partial charge in [-0.05, 0) is 90.5 Å². The van der Waals surface area contributed by atoms with Crippen LogP contribution in [0.25, 0.3) is 0 Å². The first kappa shape index (κ1) is 27.2. The van der Waals surface area contributed by atoms with Crippen molar-refractivity contribution >= 4 is 23.6 Å². The Morgan fingerprint density at radius 2 is 1.67 bits per heavy atom. The minimum absolute atomic E-state index is 0.0892. The Kier molecular flexibility index (Phi) is 8.43. The van der Waals surface area contributed by atoms with Crippen molar-refractivity contribution in [3.63, 3.8) is 0 Å². The summed E-state index contributed by atoms with van der Waals surface area (Å²) in [5.74, 6) is -0.587. The fourth-order valence-corrected chi connectivity index (χ4v) is 4.42. The average Bonchev–Trinajstić information content (AvgIpc) is 2.73. The summed E-state index contributed by atoms with van der Waals surface area (Å²) < 4.78 is 5.36. The van der Waals surface area contributed by atoms with Crippen LogP contribution in [0, 0.1) is 20.8 Å². The molecule has 2 atom stereocenters. The van der Waals surface area contributed by atoms with Crippen molar-refractivity contribution in [2.24, 2.45) is 0 Å². The molecular formula is C29H39N3O4. The van der Waals surface area contributed by atoms with Gasteiger partial charge >= 0.3 is 6.09 Å². The maximum absolute atomic E-state index is 13.9. The molecule has 3 amide bonds. The number of hydrogen-bond acceptors (Lipinski definition) is 4. The Bertz CT molecular complexity index is 1120. The number of nitrogens with zero attached hydrogens (tertiary/aromatic N) is 1. The maximum atomic E-state index is 13.9. The normalized spacial score (nSPS) is 15.3. The van der Waals surface area contributed by atoms with Gasteiger partial charge in [0, 0.05) is 11.7 Å². The Morgan fingerprint density at radius 1 is 1.00 bits per heavy atom. The molecule has 2 unspecified atom stereocenters. The van der Waals surface area contributed by atoms with E-state index in [0.717, 1.165) is 41.5 Å². The number of carbonyl (C=O) groups is 3. The van der Waals surface area contributed by atoms with E-state index in [2.05, 4.69) is 10.6 Å². The first-order chi connectivity index (χ1) is 16.9. The number of nitrogens with one attached hydrogen (secondary N) is 2. The SMILES string of the molecule is Cc1ccc(C(C(=O)Nc2ccccc2C)N(C(=O)C(C)NC(=O)OC(C)(C)C)C2CCC2)c(C)c1. The van der Waals surface area contributed by atoms with E-state index in [0.29, 0.717) is 5.69 Å². The summed E-state index contributed by atoms with van der Waals surface area (Å²) in [7, 11) is 0. The molecular weight excluding hydrogens is 454 g/mol. The maximum Gasteiger partial charge on any atom is 0.408 e. The lowest BCUT2D eigenvalue weighted by Crippen LogP contribution is -2.56. The standard InChI is InChI=1S/C29H39N3O4/c1-18-15-16-23(20(3)17-18)25(26(33)31-24-14-9-8-11-19(24)2)32(22-12-10-13-22)27(34)21(4)30-28(35)36-29(5,6)7/h8-9,11,14-17,21-22,25H,10,12-13H2,1-7H3,(H,30,35)(H,31,33). The molecule has 0 saturated heterocycles. The second kappa shape index (κ2) is 11.1. The third-order valence-electron chi connectivity index (χ3n) is 6.48. The van der Waals surface area contributed by atoms with Crippen molar-refractivity contribution in [2.45, 2.75) is 91.5 Å². The molecule has 0 radical (unpaired) electrons. The molecule has 0 aliphatic heterocycles. The van der Waals surface area contributed by atoms with Gasteiger partial charge in [0.15, 0.2) is 0 Å². The van der Waals surface area contributed by atoms with E-state index in [-0.39, 0.29) is 17.9 Å². The molecule has 1 aliphatic rings. The zero-order valence-electron chi connectivity index (χ0n) is 22.5. The number of aryl methyl sites for hydroxylation is 3. The number of amides is 3. The number of hydrogen-bond donors (Lipinski definition) is 2. The van der Waals surface area contributed by atoms with E-state index in [1.54, 1.807) is 32.6 Å². The van der Waals surface area contributed by atoms with Crippen LogP contribution in [0.5, 0.6) is 0 Å². The largest absolute Gasteiger partial charge is 0.444 e. The lowest BCUT2D eigenvalue weighted by Gasteiger charge is -2.43. The number of anilines is 1. The van der Waals surface area contributed by atoms with Crippen LogP contribution in [0.3, 0.4) is 0 Å². The minimum atomic E-state index is -0.861. The van der Waals surface area contributed by atoms with E-state index in [4.69, 9.17) is 4.74 Å². The zero-order chi connectivity index (χ0) is 26.6. The predicted molar refractivity (Wildman–Crippen MR) is 142 cm³/mol. The fraction of sp³-hybridized carbons (Fsp3) is 0.483. The van der Waals surface area contributed by atoms with E-state index in [1.165, 1.54) is 0 Å². The smallest absolute Gasteiger partial charge is 0.408 e. The summed E-state index contributed by atoms with van der Waals surface area (Å²) in [6, 6.07) is 11.7. The highest BCUT2D eigenvalue weighted by Gasteiger charge is 2.41. The Morgan fingerprint density at radius 3 is 2.22 bits per heavy atom. The van der Waals surface area contributed by atoms with Crippen molar-refractivity contribution in [3.8, 4) is 0 Å². The van der Waals surface area contributed by atoms with E-state index < -0.39 is 23.8 Å². The van der Waals surface area contributed by atoms with Crippen LogP contribution in [-0.2, 0) is 14.3 Å². The van der Waals surface area contributed by atoms with Crippen LogP contribution >= 0.6 is 0 Å². The average molecular weight is 494 g/mol. The lowest BCUT2D eigenvalue weighted by molar-refractivity contribution is -0.145. The highest BCUT2D eigenvalue weighted by Crippen LogP contribution is 2.35. The summed E-state index contributed by atoms with van der Waals surface area (Å²) >= 11 is 0. The topological polar surface area (TPSA) is 87.7 Å². The van der Waals surface area contributed by atoms with Gasteiger partial charge in [0.2, 0.25) is 5.91 Å². The van der Waals surface area contributed by atoms with Crippen molar-refractivity contribution < 1.29 is 19.1 Å². The number of benzene rings is 2. The summed E-state index contributed by atoms with van der Waals surface area (Å²) in [6.07, 6.45) is 1.94. The van der Waals surface area contributed by atoms with E-state index >= 15 is 0 Å². The lowest BCUT2D eigenvalue weighted by atomic mass is 9.87. The summed E-state index contributed by atoms with van der Waals surface area (Å²) in [4.78, 5) is 41.9. The minimum Gasteiger partial charge on any atom is -0.444 e. The first-order valence-electron chi connectivity index (χ1n) is 12.6. The van der Waals surface area contributed by atoms with Crippen molar-refractivity contribution in [2.75, 3.05) is 5.32 Å². The molecule has 0 bridgehead atoms.